The van der Waals surface area contributed by atoms with Crippen LogP contribution in [0.3, 0.4) is 0 Å². The molecule has 4 aromatic rings. The minimum absolute atomic E-state index is 0. The molecule has 0 unspecified atom stereocenters. The van der Waals surface area contributed by atoms with Gasteiger partial charge in [0, 0.05) is 35.1 Å². The molecule has 6 fully saturated rings. The Morgan fingerprint density at radius 1 is 0.609 bits per heavy atom. The fourth-order valence-corrected chi connectivity index (χ4v) is 9.33. The van der Waals surface area contributed by atoms with Crippen molar-refractivity contribution in [2.45, 2.75) is 77.1 Å². The molecular formula is C46H52Br2ClF5N8O2. The van der Waals surface area contributed by atoms with Crippen molar-refractivity contribution in [1.29, 1.82) is 0 Å². The average Bonchev–Trinajstić information content (AvgIpc) is 4.15. The molecule has 4 saturated heterocycles. The predicted octanol–water partition coefficient (Wildman–Crippen LogP) is 10.8. The summed E-state index contributed by atoms with van der Waals surface area (Å²) in [5, 5.41) is 8.07. The van der Waals surface area contributed by atoms with E-state index in [0.29, 0.717) is 33.6 Å². The number of nitrogens with zero attached hydrogens (tertiary/aromatic N) is 5. The van der Waals surface area contributed by atoms with Crippen LogP contribution in [-0.2, 0) is 0 Å². The predicted molar refractivity (Wildman–Crippen MR) is 251 cm³/mol. The largest absolute Gasteiger partial charge is 0.371 e. The molecule has 2 aromatic heterocycles. The zero-order valence-corrected chi connectivity index (χ0v) is 39.7. The minimum atomic E-state index is -2.67. The second-order valence-electron chi connectivity index (χ2n) is 18.1. The lowest BCUT2D eigenvalue weighted by molar-refractivity contribution is -0.0476. The van der Waals surface area contributed by atoms with Crippen molar-refractivity contribution in [3.63, 3.8) is 0 Å². The van der Waals surface area contributed by atoms with Gasteiger partial charge in [-0.1, -0.05) is 31.9 Å². The molecule has 0 atom stereocenters. The van der Waals surface area contributed by atoms with Gasteiger partial charge in [-0.3, -0.25) is 9.59 Å². The van der Waals surface area contributed by atoms with Crippen LogP contribution in [0.1, 0.15) is 83.2 Å². The van der Waals surface area contributed by atoms with E-state index in [1.807, 2.05) is 43.3 Å². The normalized spacial score (nSPS) is 20.2. The second kappa shape index (κ2) is 19.0. The Labute approximate surface area is 393 Å². The maximum absolute atomic E-state index is 13.5. The summed E-state index contributed by atoms with van der Waals surface area (Å²) in [4.78, 5) is 40.3. The molecule has 4 aliphatic heterocycles. The van der Waals surface area contributed by atoms with E-state index in [0.717, 1.165) is 57.6 Å². The quantitative estimate of drug-likeness (QED) is 0.124. The van der Waals surface area contributed by atoms with Crippen LogP contribution in [-0.4, -0.2) is 86.0 Å². The third-order valence-electron chi connectivity index (χ3n) is 13.0. The maximum atomic E-state index is 13.5. The monoisotopic (exact) mass is 1040 g/mol. The maximum Gasteiger partial charge on any atom is 0.282 e. The van der Waals surface area contributed by atoms with Crippen LogP contribution in [0.2, 0.25) is 0 Å². The Kier molecular flexibility index (Phi) is 14.2. The molecule has 6 heterocycles. The Bertz CT molecular complexity index is 2330. The fourth-order valence-electron chi connectivity index (χ4n) is 8.63. The molecule has 10 rings (SSSR count). The molecule has 2 aliphatic carbocycles. The number of piperidine rings is 2. The highest BCUT2D eigenvalue weighted by Crippen LogP contribution is 2.55. The number of carbonyl (C=O) groups is 2. The van der Waals surface area contributed by atoms with Gasteiger partial charge in [-0.25, -0.2) is 27.5 Å². The number of aromatic nitrogens is 2. The number of halogens is 8. The van der Waals surface area contributed by atoms with Crippen molar-refractivity contribution in [3.05, 3.63) is 97.8 Å². The first-order chi connectivity index (χ1) is 29.9. The van der Waals surface area contributed by atoms with Gasteiger partial charge in [0.25, 0.3) is 23.7 Å². The lowest BCUT2D eigenvalue weighted by Crippen LogP contribution is -2.56. The summed E-state index contributed by atoms with van der Waals surface area (Å²) in [5.74, 6) is -5.10. The number of alkyl halides is 4. The van der Waals surface area contributed by atoms with E-state index in [1.54, 1.807) is 25.1 Å². The number of aryl methyl sites for hydroxylation is 2. The summed E-state index contributed by atoms with van der Waals surface area (Å²) in [7, 11) is 0. The van der Waals surface area contributed by atoms with E-state index < -0.39 is 17.8 Å². The molecule has 0 bridgehead atoms. The third-order valence-corrected chi connectivity index (χ3v) is 14.0. The first-order valence-corrected chi connectivity index (χ1v) is 23.0. The van der Waals surface area contributed by atoms with Crippen LogP contribution < -0.4 is 30.7 Å². The van der Waals surface area contributed by atoms with Crippen molar-refractivity contribution >= 4 is 84.9 Å². The Hall–Kier alpha value is -4.06. The summed E-state index contributed by atoms with van der Waals surface area (Å²) < 4.78 is 64.9. The van der Waals surface area contributed by atoms with E-state index in [-0.39, 0.29) is 56.2 Å². The number of hydrogen-bond acceptors (Lipinski definition) is 8. The molecule has 3 N–H and O–H groups in total. The standard InChI is InChI=1S/C23H25BrF2N4O.C20H21BrFN3O.C3H5F2N.ClH/c1-15-10-19(27-20(11-15)30-13-23(25,26)14-30)28-21(31)17-3-2-16(24)12-18(17)29-8-6-22(4-5-22)7-9-29;1-13-10-17(22)23-18(11-13)24-19(26)15-3-2-14(21)12-16(15)25-8-6-20(4-5-20)7-9-25;4-3(5)1-6-2-3;/h2-3,10-12H,4-9,13-14H2,1H3,(H,27,28,31);2-3,10-12H,4-9H2,1H3,(H,23,24,26);6H,1-2H2;1H. The lowest BCUT2D eigenvalue weighted by Gasteiger charge is -2.39. The molecule has 0 radical (unpaired) electrons. The molecule has 2 saturated carbocycles. The highest BCUT2D eigenvalue weighted by Gasteiger charge is 2.46. The van der Waals surface area contributed by atoms with Gasteiger partial charge in [0.2, 0.25) is 5.95 Å². The molecule has 64 heavy (non-hydrogen) atoms. The van der Waals surface area contributed by atoms with Gasteiger partial charge >= 0.3 is 0 Å². The molecule has 10 nitrogen and oxygen atoms in total. The molecule has 6 aliphatic rings. The van der Waals surface area contributed by atoms with Gasteiger partial charge in [-0.2, -0.15) is 4.39 Å². The number of hydrogen-bond donors (Lipinski definition) is 3. The minimum Gasteiger partial charge on any atom is -0.371 e. The zero-order valence-electron chi connectivity index (χ0n) is 35.7. The van der Waals surface area contributed by atoms with Gasteiger partial charge in [-0.15, -0.1) is 12.4 Å². The molecule has 344 valence electrons. The number of benzene rings is 2. The smallest absolute Gasteiger partial charge is 0.282 e. The molecular weight excluding hydrogens is 987 g/mol. The zero-order chi connectivity index (χ0) is 44.7. The Morgan fingerprint density at radius 3 is 1.41 bits per heavy atom. The van der Waals surface area contributed by atoms with E-state index in [1.165, 1.54) is 62.3 Å². The SMILES string of the molecule is Cc1cc(F)nc(NC(=O)c2ccc(Br)cc2N2CCC3(CC2)CC3)c1.Cc1cc(NC(=O)c2ccc(Br)cc2N2CCC3(CC2)CC3)nc(N2CC(F)(F)C2)c1.Cl.FC1(F)CNC1. The van der Waals surface area contributed by atoms with Crippen molar-refractivity contribution in [2.24, 2.45) is 10.8 Å². The van der Waals surface area contributed by atoms with Gasteiger partial charge in [0.05, 0.1) is 48.7 Å². The first kappa shape index (κ1) is 47.9. The van der Waals surface area contributed by atoms with Gasteiger partial charge in [0.1, 0.15) is 17.5 Å². The van der Waals surface area contributed by atoms with E-state index in [2.05, 4.69) is 67.6 Å². The van der Waals surface area contributed by atoms with Gasteiger partial charge in [0.15, 0.2) is 0 Å². The Morgan fingerprint density at radius 2 is 1.03 bits per heavy atom. The fraction of sp³-hybridized carbons (Fsp3) is 0.478. The average molecular weight is 1040 g/mol. The third kappa shape index (κ3) is 11.8. The molecule has 2 amide bonds. The molecule has 18 heteroatoms. The van der Waals surface area contributed by atoms with Crippen molar-refractivity contribution < 1.29 is 31.5 Å². The van der Waals surface area contributed by atoms with Gasteiger partial charge in [-0.05, 0) is 148 Å². The highest BCUT2D eigenvalue weighted by molar-refractivity contribution is 9.10. The van der Waals surface area contributed by atoms with E-state index in [9.17, 15) is 31.5 Å². The van der Waals surface area contributed by atoms with Crippen molar-refractivity contribution in [2.75, 3.05) is 77.7 Å². The summed E-state index contributed by atoms with van der Waals surface area (Å²) in [5.41, 5.74) is 5.72. The van der Waals surface area contributed by atoms with Gasteiger partial charge < -0.3 is 30.7 Å². The number of carbonyl (C=O) groups excluding carboxylic acids is 2. The summed E-state index contributed by atoms with van der Waals surface area (Å²) in [6, 6.07) is 17.9. The van der Waals surface area contributed by atoms with Crippen LogP contribution in [0, 0.1) is 30.6 Å². The molecule has 2 spiro atoms. The first-order valence-electron chi connectivity index (χ1n) is 21.4. The van der Waals surface area contributed by atoms with Crippen LogP contribution in [0.5, 0.6) is 0 Å². The van der Waals surface area contributed by atoms with Crippen molar-refractivity contribution in [3.8, 4) is 0 Å². The van der Waals surface area contributed by atoms with Crippen LogP contribution in [0.4, 0.5) is 50.8 Å². The number of anilines is 5. The number of amides is 2. The number of pyridine rings is 2. The summed E-state index contributed by atoms with van der Waals surface area (Å²) in [6.45, 7) is 6.52. The second-order valence-corrected chi connectivity index (χ2v) is 19.9. The van der Waals surface area contributed by atoms with Crippen LogP contribution >= 0.6 is 44.3 Å². The number of rotatable bonds is 7. The molecule has 2 aromatic carbocycles. The van der Waals surface area contributed by atoms with Crippen molar-refractivity contribution in [1.82, 2.24) is 15.3 Å². The lowest BCUT2D eigenvalue weighted by atomic mass is 9.93. The van der Waals surface area contributed by atoms with E-state index in [4.69, 9.17) is 0 Å². The Balaban J connectivity index is 0.000000169. The number of nitrogens with one attached hydrogen (secondary N) is 3. The highest BCUT2D eigenvalue weighted by atomic mass is 79.9. The summed E-state index contributed by atoms with van der Waals surface area (Å²) >= 11 is 7.05. The topological polar surface area (TPSA) is 106 Å². The van der Waals surface area contributed by atoms with Crippen LogP contribution in [0.25, 0.3) is 0 Å². The van der Waals surface area contributed by atoms with Crippen LogP contribution in [0.15, 0.2) is 69.6 Å². The summed E-state index contributed by atoms with van der Waals surface area (Å²) in [6.07, 6.45) is 10.1. The van der Waals surface area contributed by atoms with E-state index >= 15 is 0 Å².